The number of rotatable bonds is 4. The first-order chi connectivity index (χ1) is 10.0. The van der Waals surface area contributed by atoms with Gasteiger partial charge in [0.2, 0.25) is 5.91 Å². The van der Waals surface area contributed by atoms with E-state index in [-0.39, 0.29) is 11.9 Å². The molecule has 3 rings (SSSR count). The Balaban J connectivity index is 1.81. The molecule has 0 spiro atoms. The largest absolute Gasteiger partial charge is 0.481 e. The quantitative estimate of drug-likeness (QED) is 0.906. The third kappa shape index (κ3) is 2.44. The van der Waals surface area contributed by atoms with Gasteiger partial charge in [0, 0.05) is 33.1 Å². The number of carbonyl (C=O) groups excluding carboxylic acids is 1. The molecule has 21 heavy (non-hydrogen) atoms. The molecule has 1 aromatic rings. The van der Waals surface area contributed by atoms with Crippen LogP contribution in [0.25, 0.3) is 0 Å². The van der Waals surface area contributed by atoms with Gasteiger partial charge in [-0.15, -0.1) is 0 Å². The van der Waals surface area contributed by atoms with Gasteiger partial charge in [-0.2, -0.15) is 0 Å². The third-order valence-electron chi connectivity index (χ3n) is 4.68. The Hall–Kier alpha value is -1.82. The number of aliphatic carboxylic acids is 1. The van der Waals surface area contributed by atoms with Crippen molar-refractivity contribution in [2.45, 2.75) is 25.8 Å². The van der Waals surface area contributed by atoms with Crippen LogP contribution in [0, 0.1) is 5.41 Å². The van der Waals surface area contributed by atoms with Crippen LogP contribution >= 0.6 is 0 Å². The van der Waals surface area contributed by atoms with E-state index in [0.717, 1.165) is 0 Å². The lowest BCUT2D eigenvalue weighted by Gasteiger charge is -2.40. The van der Waals surface area contributed by atoms with Crippen LogP contribution in [0.4, 0.5) is 0 Å². The summed E-state index contributed by atoms with van der Waals surface area (Å²) in [6, 6.07) is 3.41. The van der Waals surface area contributed by atoms with Crippen LogP contribution in [0.1, 0.15) is 31.6 Å². The van der Waals surface area contributed by atoms with Crippen molar-refractivity contribution >= 4 is 11.9 Å². The fourth-order valence-electron chi connectivity index (χ4n) is 3.28. The minimum Gasteiger partial charge on any atom is -0.481 e. The molecule has 2 aliphatic rings. The summed E-state index contributed by atoms with van der Waals surface area (Å²) >= 11 is 0. The fraction of sp³-hybridized carbons (Fsp3) is 0.600. The maximum Gasteiger partial charge on any atom is 0.311 e. The standard InChI is InChI=1S/C15H20N2O4/c1-11(18)16-6-8-17(9-7-16)13(12-3-2-10-21-12)15(4-5-15)14(19)20/h2-3,10,13H,4-9H2,1H3,(H,19,20). The van der Waals surface area contributed by atoms with Gasteiger partial charge in [0.25, 0.3) is 0 Å². The Bertz CT molecular complexity index is 528. The Morgan fingerprint density at radius 3 is 2.38 bits per heavy atom. The number of hydrogen-bond acceptors (Lipinski definition) is 4. The van der Waals surface area contributed by atoms with Crippen molar-refractivity contribution < 1.29 is 19.1 Å². The molecule has 0 radical (unpaired) electrons. The van der Waals surface area contributed by atoms with Gasteiger partial charge < -0.3 is 14.4 Å². The Kier molecular flexibility index (Phi) is 3.49. The molecule has 1 atom stereocenters. The highest BCUT2D eigenvalue weighted by atomic mass is 16.4. The molecule has 1 aromatic heterocycles. The lowest BCUT2D eigenvalue weighted by atomic mass is 9.92. The first-order valence-electron chi connectivity index (χ1n) is 7.31. The van der Waals surface area contributed by atoms with E-state index in [0.29, 0.717) is 44.8 Å². The summed E-state index contributed by atoms with van der Waals surface area (Å²) in [6.45, 7) is 4.21. The molecule has 6 nitrogen and oxygen atoms in total. The van der Waals surface area contributed by atoms with Crippen LogP contribution in [-0.4, -0.2) is 53.0 Å². The predicted octanol–water partition coefficient (Wildman–Crippen LogP) is 1.35. The van der Waals surface area contributed by atoms with Crippen molar-refractivity contribution in [1.82, 2.24) is 9.80 Å². The van der Waals surface area contributed by atoms with E-state index in [1.807, 2.05) is 6.07 Å². The van der Waals surface area contributed by atoms with Gasteiger partial charge in [-0.3, -0.25) is 14.5 Å². The number of carbonyl (C=O) groups is 2. The molecular weight excluding hydrogens is 272 g/mol. The average Bonchev–Trinajstić information content (AvgIpc) is 3.08. The lowest BCUT2D eigenvalue weighted by molar-refractivity contribution is -0.148. The molecule has 0 bridgehead atoms. The Morgan fingerprint density at radius 2 is 1.95 bits per heavy atom. The number of amides is 1. The topological polar surface area (TPSA) is 74.0 Å². The second kappa shape index (κ2) is 5.18. The molecule has 1 amide bonds. The number of hydrogen-bond donors (Lipinski definition) is 1. The summed E-state index contributed by atoms with van der Waals surface area (Å²) in [5.74, 6) is 0.0349. The molecule has 0 aromatic carbocycles. The summed E-state index contributed by atoms with van der Waals surface area (Å²) in [6.07, 6.45) is 2.95. The van der Waals surface area contributed by atoms with Gasteiger partial charge in [-0.05, 0) is 25.0 Å². The molecule has 2 fully saturated rings. The summed E-state index contributed by atoms with van der Waals surface area (Å²) in [7, 11) is 0. The molecule has 1 aliphatic carbocycles. The first kappa shape index (κ1) is 14.1. The minimum absolute atomic E-state index is 0.0727. The van der Waals surface area contributed by atoms with Crippen LogP contribution in [0.2, 0.25) is 0 Å². The lowest BCUT2D eigenvalue weighted by Crippen LogP contribution is -2.51. The van der Waals surface area contributed by atoms with Crippen LogP contribution in [0.3, 0.4) is 0 Å². The van der Waals surface area contributed by atoms with E-state index >= 15 is 0 Å². The van der Waals surface area contributed by atoms with Gasteiger partial charge in [-0.25, -0.2) is 0 Å². The van der Waals surface area contributed by atoms with Gasteiger partial charge in [0.1, 0.15) is 5.76 Å². The zero-order valence-electron chi connectivity index (χ0n) is 12.1. The number of nitrogens with zero attached hydrogens (tertiary/aromatic N) is 2. The number of carboxylic acids is 1. The van der Waals surface area contributed by atoms with Gasteiger partial charge in [0.05, 0.1) is 17.7 Å². The highest BCUT2D eigenvalue weighted by Gasteiger charge is 2.59. The second-order valence-corrected chi connectivity index (χ2v) is 5.92. The highest BCUT2D eigenvalue weighted by Crippen LogP contribution is 2.57. The Morgan fingerprint density at radius 1 is 1.29 bits per heavy atom. The van der Waals surface area contributed by atoms with E-state index in [9.17, 15) is 14.7 Å². The van der Waals surface area contributed by atoms with Gasteiger partial charge in [0.15, 0.2) is 0 Å². The summed E-state index contributed by atoms with van der Waals surface area (Å²) < 4.78 is 5.51. The summed E-state index contributed by atoms with van der Waals surface area (Å²) in [5, 5.41) is 9.61. The van der Waals surface area contributed by atoms with Crippen LogP contribution in [0.15, 0.2) is 22.8 Å². The highest BCUT2D eigenvalue weighted by molar-refractivity contribution is 5.79. The van der Waals surface area contributed by atoms with Crippen LogP contribution < -0.4 is 0 Å². The van der Waals surface area contributed by atoms with Gasteiger partial charge in [-0.1, -0.05) is 0 Å². The van der Waals surface area contributed by atoms with Crippen molar-refractivity contribution in [3.05, 3.63) is 24.2 Å². The van der Waals surface area contributed by atoms with Crippen molar-refractivity contribution in [2.24, 2.45) is 5.41 Å². The van der Waals surface area contributed by atoms with Gasteiger partial charge >= 0.3 is 5.97 Å². The number of carboxylic acid groups (broad SMARTS) is 1. The fourth-order valence-corrected chi connectivity index (χ4v) is 3.28. The molecule has 6 heteroatoms. The summed E-state index contributed by atoms with van der Waals surface area (Å²) in [5.41, 5.74) is -0.726. The third-order valence-corrected chi connectivity index (χ3v) is 4.68. The minimum atomic E-state index is -0.752. The average molecular weight is 292 g/mol. The molecule has 1 aliphatic heterocycles. The van der Waals surface area contributed by atoms with E-state index in [1.54, 1.807) is 24.2 Å². The van der Waals surface area contributed by atoms with E-state index in [4.69, 9.17) is 4.42 Å². The van der Waals surface area contributed by atoms with Crippen molar-refractivity contribution in [3.8, 4) is 0 Å². The second-order valence-electron chi connectivity index (χ2n) is 5.92. The number of furan rings is 1. The van der Waals surface area contributed by atoms with Crippen molar-refractivity contribution in [3.63, 3.8) is 0 Å². The predicted molar refractivity (Wildman–Crippen MR) is 74.6 cm³/mol. The van der Waals surface area contributed by atoms with Crippen molar-refractivity contribution in [2.75, 3.05) is 26.2 Å². The van der Waals surface area contributed by atoms with E-state index < -0.39 is 11.4 Å². The zero-order chi connectivity index (χ0) is 15.0. The maximum atomic E-state index is 11.7. The molecule has 1 N–H and O–H groups in total. The van der Waals surface area contributed by atoms with Crippen LogP contribution in [-0.2, 0) is 9.59 Å². The van der Waals surface area contributed by atoms with E-state index in [2.05, 4.69) is 4.90 Å². The first-order valence-corrected chi connectivity index (χ1v) is 7.31. The Labute approximate surface area is 123 Å². The maximum absolute atomic E-state index is 11.7. The monoisotopic (exact) mass is 292 g/mol. The molecule has 2 heterocycles. The molecular formula is C15H20N2O4. The molecule has 114 valence electrons. The van der Waals surface area contributed by atoms with Crippen LogP contribution in [0.5, 0.6) is 0 Å². The SMILES string of the molecule is CC(=O)N1CCN(C(c2ccco2)C2(C(=O)O)CC2)CC1. The normalized spacial score (nSPS) is 22.8. The molecule has 1 unspecified atom stereocenters. The zero-order valence-corrected chi connectivity index (χ0v) is 12.1. The van der Waals surface area contributed by atoms with E-state index in [1.165, 1.54) is 0 Å². The smallest absolute Gasteiger partial charge is 0.311 e. The molecule has 1 saturated carbocycles. The molecule has 1 saturated heterocycles. The number of piperazine rings is 1. The summed E-state index contributed by atoms with van der Waals surface area (Å²) in [4.78, 5) is 27.1. The van der Waals surface area contributed by atoms with Crippen molar-refractivity contribution in [1.29, 1.82) is 0 Å².